The van der Waals surface area contributed by atoms with Crippen LogP contribution in [0.25, 0.3) is 0 Å². The molecule has 152 valence electrons. The number of carbonyl (C=O) groups excluding carboxylic acids is 1. The van der Waals surface area contributed by atoms with Gasteiger partial charge in [0.25, 0.3) is 0 Å². The van der Waals surface area contributed by atoms with Crippen LogP contribution in [0.3, 0.4) is 0 Å². The standard InChI is InChI=1S/C20H20F4O2.CH2O/c1-13-2-4-14(5-3-13)20(23,24)26-17-10-11-19(18(22)12-17)25-16-8-6-15(21)7-9-16;1-2/h6-14H,2-5H2,1H3;1H2. The Morgan fingerprint density at radius 3 is 2.07 bits per heavy atom. The summed E-state index contributed by atoms with van der Waals surface area (Å²) in [7, 11) is 0. The van der Waals surface area contributed by atoms with E-state index in [0.29, 0.717) is 18.8 Å². The molecule has 28 heavy (non-hydrogen) atoms. The summed E-state index contributed by atoms with van der Waals surface area (Å²) in [6.45, 7) is 4.05. The van der Waals surface area contributed by atoms with Gasteiger partial charge < -0.3 is 14.3 Å². The largest absolute Gasteiger partial charge is 0.454 e. The quantitative estimate of drug-likeness (QED) is 0.549. The minimum atomic E-state index is -3.34. The second kappa shape index (κ2) is 9.57. The summed E-state index contributed by atoms with van der Waals surface area (Å²) in [5.41, 5.74) is 0. The highest BCUT2D eigenvalue weighted by Gasteiger charge is 2.43. The van der Waals surface area contributed by atoms with E-state index in [1.807, 2.05) is 13.7 Å². The number of hydrogen-bond acceptors (Lipinski definition) is 3. The van der Waals surface area contributed by atoms with Gasteiger partial charge in [-0.3, -0.25) is 0 Å². The van der Waals surface area contributed by atoms with Crippen LogP contribution in [-0.4, -0.2) is 12.9 Å². The zero-order valence-electron chi connectivity index (χ0n) is 15.5. The van der Waals surface area contributed by atoms with E-state index in [-0.39, 0.29) is 17.2 Å². The second-order valence-electron chi connectivity index (χ2n) is 6.77. The molecule has 1 aliphatic rings. The Labute approximate surface area is 161 Å². The summed E-state index contributed by atoms with van der Waals surface area (Å²) in [5.74, 6) is -1.86. The molecule has 7 heteroatoms. The Hall–Kier alpha value is -2.57. The third-order valence-electron chi connectivity index (χ3n) is 4.69. The monoisotopic (exact) mass is 398 g/mol. The SMILES string of the molecule is C=O.CC1CCC(C(F)(F)Oc2ccc(Oc3ccc(F)cc3)c(F)c2)CC1. The third kappa shape index (κ3) is 5.71. The third-order valence-corrected chi connectivity index (χ3v) is 4.69. The van der Waals surface area contributed by atoms with Crippen LogP contribution < -0.4 is 9.47 Å². The van der Waals surface area contributed by atoms with Gasteiger partial charge in [0.15, 0.2) is 11.6 Å². The smallest absolute Gasteiger partial charge is 0.400 e. The molecule has 1 fully saturated rings. The predicted molar refractivity (Wildman–Crippen MR) is 96.7 cm³/mol. The van der Waals surface area contributed by atoms with Crippen LogP contribution in [0.2, 0.25) is 0 Å². The summed E-state index contributed by atoms with van der Waals surface area (Å²) in [6.07, 6.45) is -1.08. The molecule has 0 amide bonds. The van der Waals surface area contributed by atoms with Crippen molar-refractivity contribution in [1.29, 1.82) is 0 Å². The van der Waals surface area contributed by atoms with Gasteiger partial charge in [0.1, 0.15) is 24.1 Å². The number of ether oxygens (including phenoxy) is 2. The van der Waals surface area contributed by atoms with Crippen molar-refractivity contribution >= 4 is 6.79 Å². The minimum Gasteiger partial charge on any atom is -0.454 e. The van der Waals surface area contributed by atoms with Gasteiger partial charge in [0.05, 0.1) is 5.92 Å². The van der Waals surface area contributed by atoms with E-state index in [4.69, 9.17) is 14.3 Å². The Balaban J connectivity index is 0.00000136. The molecule has 0 heterocycles. The van der Waals surface area contributed by atoms with E-state index in [1.54, 1.807) is 0 Å². The van der Waals surface area contributed by atoms with Crippen LogP contribution in [0.1, 0.15) is 32.6 Å². The number of alkyl halides is 2. The maximum atomic E-state index is 14.3. The molecule has 0 saturated heterocycles. The van der Waals surface area contributed by atoms with Gasteiger partial charge in [-0.1, -0.05) is 19.8 Å². The van der Waals surface area contributed by atoms with Crippen LogP contribution >= 0.6 is 0 Å². The first-order chi connectivity index (χ1) is 13.3. The first kappa shape index (κ1) is 21.7. The van der Waals surface area contributed by atoms with Crippen molar-refractivity contribution in [3.05, 3.63) is 54.1 Å². The van der Waals surface area contributed by atoms with Crippen LogP contribution in [0.4, 0.5) is 17.6 Å². The summed E-state index contributed by atoms with van der Waals surface area (Å²) >= 11 is 0. The maximum absolute atomic E-state index is 14.3. The van der Waals surface area contributed by atoms with Crippen molar-refractivity contribution < 1.29 is 31.8 Å². The van der Waals surface area contributed by atoms with Gasteiger partial charge in [0.2, 0.25) is 0 Å². The average Bonchev–Trinajstić information content (AvgIpc) is 2.67. The molecule has 0 atom stereocenters. The number of halogens is 4. The Bertz CT molecular complexity index is 757. The van der Waals surface area contributed by atoms with E-state index >= 15 is 0 Å². The number of benzene rings is 2. The Morgan fingerprint density at radius 2 is 1.50 bits per heavy atom. The Kier molecular flexibility index (Phi) is 7.43. The van der Waals surface area contributed by atoms with Crippen molar-refractivity contribution in [1.82, 2.24) is 0 Å². The molecule has 2 aromatic carbocycles. The van der Waals surface area contributed by atoms with Gasteiger partial charge >= 0.3 is 6.11 Å². The molecule has 0 bridgehead atoms. The number of hydrogen-bond donors (Lipinski definition) is 0. The minimum absolute atomic E-state index is 0.154. The molecule has 0 radical (unpaired) electrons. The lowest BCUT2D eigenvalue weighted by Gasteiger charge is -2.32. The molecule has 0 aromatic heterocycles. The first-order valence-electron chi connectivity index (χ1n) is 8.92. The zero-order valence-corrected chi connectivity index (χ0v) is 15.5. The van der Waals surface area contributed by atoms with Crippen molar-refractivity contribution in [2.45, 2.75) is 38.7 Å². The van der Waals surface area contributed by atoms with Gasteiger partial charge in [0, 0.05) is 6.07 Å². The fourth-order valence-electron chi connectivity index (χ4n) is 3.09. The van der Waals surface area contributed by atoms with Crippen LogP contribution in [0.15, 0.2) is 42.5 Å². The summed E-state index contributed by atoms with van der Waals surface area (Å²) in [4.78, 5) is 8.00. The maximum Gasteiger partial charge on any atom is 0.400 e. The topological polar surface area (TPSA) is 35.5 Å². The highest BCUT2D eigenvalue weighted by atomic mass is 19.3. The zero-order chi connectivity index (χ0) is 20.7. The molecule has 1 aliphatic carbocycles. The van der Waals surface area contributed by atoms with E-state index in [0.717, 1.165) is 18.9 Å². The fraction of sp³-hybridized carbons (Fsp3) is 0.381. The van der Waals surface area contributed by atoms with Crippen molar-refractivity contribution in [3.8, 4) is 17.2 Å². The van der Waals surface area contributed by atoms with Gasteiger partial charge in [-0.05, 0) is 55.2 Å². The first-order valence-corrected chi connectivity index (χ1v) is 8.92. The Morgan fingerprint density at radius 1 is 0.929 bits per heavy atom. The van der Waals surface area contributed by atoms with Crippen LogP contribution in [-0.2, 0) is 4.79 Å². The lowest BCUT2D eigenvalue weighted by atomic mass is 9.82. The molecule has 3 rings (SSSR count). The molecule has 2 aromatic rings. The molecule has 0 N–H and O–H groups in total. The van der Waals surface area contributed by atoms with E-state index in [1.165, 1.54) is 36.4 Å². The van der Waals surface area contributed by atoms with Crippen molar-refractivity contribution in [2.75, 3.05) is 0 Å². The molecule has 0 unspecified atom stereocenters. The number of rotatable bonds is 5. The highest BCUT2D eigenvalue weighted by molar-refractivity contribution is 5.37. The lowest BCUT2D eigenvalue weighted by Crippen LogP contribution is -2.37. The molecular weight excluding hydrogens is 376 g/mol. The molecular formula is C21H22F4O3. The molecule has 3 nitrogen and oxygen atoms in total. The van der Waals surface area contributed by atoms with E-state index in [9.17, 15) is 17.6 Å². The summed E-state index contributed by atoms with van der Waals surface area (Å²) < 4.78 is 65.8. The van der Waals surface area contributed by atoms with Gasteiger partial charge in [-0.25, -0.2) is 8.78 Å². The lowest BCUT2D eigenvalue weighted by molar-refractivity contribution is -0.223. The molecule has 0 spiro atoms. The summed E-state index contributed by atoms with van der Waals surface area (Å²) in [6, 6.07) is 8.37. The number of carbonyl (C=O) groups is 1. The van der Waals surface area contributed by atoms with Crippen molar-refractivity contribution in [2.24, 2.45) is 11.8 Å². The van der Waals surface area contributed by atoms with E-state index in [2.05, 4.69) is 0 Å². The van der Waals surface area contributed by atoms with E-state index < -0.39 is 23.7 Å². The van der Waals surface area contributed by atoms with Crippen LogP contribution in [0.5, 0.6) is 17.2 Å². The van der Waals surface area contributed by atoms with Gasteiger partial charge in [-0.15, -0.1) is 0 Å². The average molecular weight is 398 g/mol. The van der Waals surface area contributed by atoms with Gasteiger partial charge in [-0.2, -0.15) is 8.78 Å². The van der Waals surface area contributed by atoms with Crippen LogP contribution in [0, 0.1) is 23.5 Å². The fourth-order valence-corrected chi connectivity index (χ4v) is 3.09. The summed E-state index contributed by atoms with van der Waals surface area (Å²) in [5, 5.41) is 0. The predicted octanol–water partition coefficient (Wildman–Crippen LogP) is 6.37. The van der Waals surface area contributed by atoms with Crippen molar-refractivity contribution in [3.63, 3.8) is 0 Å². The normalized spacial score (nSPS) is 19.3. The molecule has 0 aliphatic heterocycles. The second-order valence-corrected chi connectivity index (χ2v) is 6.77. The molecule has 1 saturated carbocycles. The highest BCUT2D eigenvalue weighted by Crippen LogP contribution is 2.40.